The fraction of sp³-hybridized carbons (Fsp3) is 0.0417. The van der Waals surface area contributed by atoms with Crippen LogP contribution >= 0.6 is 0 Å². The van der Waals surface area contributed by atoms with E-state index in [1.54, 1.807) is 48.5 Å². The molecule has 3 aromatic carbocycles. The monoisotopic (exact) mass is 370 g/mol. The zero-order valence-corrected chi connectivity index (χ0v) is 15.1. The fourth-order valence-electron chi connectivity index (χ4n) is 3.03. The van der Waals surface area contributed by atoms with Crippen molar-refractivity contribution in [3.05, 3.63) is 101 Å². The van der Waals surface area contributed by atoms with Crippen molar-refractivity contribution >= 4 is 17.0 Å². The van der Waals surface area contributed by atoms with Crippen molar-refractivity contribution in [2.45, 2.75) is 6.61 Å². The van der Waals surface area contributed by atoms with E-state index in [1.165, 1.54) is 0 Å². The average Bonchev–Trinajstić information content (AvgIpc) is 2.73. The zero-order valence-electron chi connectivity index (χ0n) is 15.1. The van der Waals surface area contributed by atoms with Gasteiger partial charge in [-0.3, -0.25) is 4.79 Å². The Labute approximate surface area is 162 Å². The number of hydrogen-bond acceptors (Lipinski definition) is 4. The summed E-state index contributed by atoms with van der Waals surface area (Å²) in [5, 5.41) is 10.6. The van der Waals surface area contributed by atoms with Gasteiger partial charge in [0.1, 0.15) is 17.9 Å². The third-order valence-electron chi connectivity index (χ3n) is 4.49. The van der Waals surface area contributed by atoms with Crippen molar-refractivity contribution in [2.24, 2.45) is 0 Å². The molecule has 0 radical (unpaired) electrons. The summed E-state index contributed by atoms with van der Waals surface area (Å²) in [7, 11) is 0. The lowest BCUT2D eigenvalue weighted by Crippen LogP contribution is -2.10. The van der Waals surface area contributed by atoms with Crippen LogP contribution in [0, 0.1) is 0 Å². The summed E-state index contributed by atoms with van der Waals surface area (Å²) < 4.78 is 11.9. The summed E-state index contributed by atoms with van der Waals surface area (Å²) in [6.07, 6.45) is 1.56. The van der Waals surface area contributed by atoms with Gasteiger partial charge >= 0.3 is 0 Å². The second kappa shape index (κ2) is 7.45. The highest BCUT2D eigenvalue weighted by molar-refractivity contribution is 5.82. The van der Waals surface area contributed by atoms with Gasteiger partial charge < -0.3 is 14.3 Å². The molecule has 4 nitrogen and oxygen atoms in total. The summed E-state index contributed by atoms with van der Waals surface area (Å²) in [6, 6.07) is 21.6. The van der Waals surface area contributed by atoms with E-state index in [0.29, 0.717) is 22.1 Å². The van der Waals surface area contributed by atoms with Gasteiger partial charge in [-0.25, -0.2) is 0 Å². The SMILES string of the molecule is C=Cc1ccc(-c2oc3ccccc3c(=O)c2OCc2ccccc2)cc1O. The number of phenols is 1. The molecular formula is C24H18O4. The number of para-hydroxylation sites is 1. The Balaban J connectivity index is 1.87. The topological polar surface area (TPSA) is 59.7 Å². The number of ether oxygens (including phenoxy) is 1. The molecule has 0 atom stereocenters. The molecule has 0 aliphatic rings. The van der Waals surface area contributed by atoms with Gasteiger partial charge in [-0.15, -0.1) is 0 Å². The third kappa shape index (κ3) is 3.28. The molecule has 0 fully saturated rings. The first kappa shape index (κ1) is 17.6. The summed E-state index contributed by atoms with van der Waals surface area (Å²) >= 11 is 0. The summed E-state index contributed by atoms with van der Waals surface area (Å²) in [5.74, 6) is 0.455. The third-order valence-corrected chi connectivity index (χ3v) is 4.49. The normalized spacial score (nSPS) is 10.7. The van der Waals surface area contributed by atoms with Crippen LogP contribution in [-0.2, 0) is 6.61 Å². The van der Waals surface area contributed by atoms with Gasteiger partial charge in [-0.2, -0.15) is 0 Å². The summed E-state index contributed by atoms with van der Waals surface area (Å²) in [4.78, 5) is 13.1. The molecule has 0 amide bonds. The molecule has 4 heteroatoms. The van der Waals surface area contributed by atoms with Gasteiger partial charge in [0.05, 0.1) is 5.39 Å². The predicted octanol–water partition coefficient (Wildman–Crippen LogP) is 5.39. The number of benzene rings is 3. The van der Waals surface area contributed by atoms with Crippen LogP contribution in [0.2, 0.25) is 0 Å². The van der Waals surface area contributed by atoms with Gasteiger partial charge in [0.25, 0.3) is 0 Å². The van der Waals surface area contributed by atoms with E-state index in [9.17, 15) is 9.90 Å². The van der Waals surface area contributed by atoms with E-state index >= 15 is 0 Å². The maximum absolute atomic E-state index is 13.1. The highest BCUT2D eigenvalue weighted by atomic mass is 16.5. The van der Waals surface area contributed by atoms with E-state index in [0.717, 1.165) is 5.56 Å². The minimum absolute atomic E-state index is 0.0531. The second-order valence-corrected chi connectivity index (χ2v) is 6.34. The highest BCUT2D eigenvalue weighted by Gasteiger charge is 2.18. The van der Waals surface area contributed by atoms with Crippen LogP contribution in [-0.4, -0.2) is 5.11 Å². The smallest absolute Gasteiger partial charge is 0.235 e. The first-order valence-corrected chi connectivity index (χ1v) is 8.86. The second-order valence-electron chi connectivity index (χ2n) is 6.34. The fourth-order valence-corrected chi connectivity index (χ4v) is 3.03. The largest absolute Gasteiger partial charge is 0.507 e. The quantitative estimate of drug-likeness (QED) is 0.512. The number of rotatable bonds is 5. The van der Waals surface area contributed by atoms with Crippen molar-refractivity contribution in [1.29, 1.82) is 0 Å². The van der Waals surface area contributed by atoms with Crippen LogP contribution in [0.25, 0.3) is 28.4 Å². The van der Waals surface area contributed by atoms with Crippen LogP contribution in [0.4, 0.5) is 0 Å². The minimum Gasteiger partial charge on any atom is -0.507 e. The van der Waals surface area contributed by atoms with E-state index in [2.05, 4.69) is 6.58 Å². The zero-order chi connectivity index (χ0) is 19.5. The molecule has 0 aliphatic carbocycles. The minimum atomic E-state index is -0.250. The van der Waals surface area contributed by atoms with E-state index in [-0.39, 0.29) is 29.3 Å². The van der Waals surface area contributed by atoms with Crippen LogP contribution in [0.5, 0.6) is 11.5 Å². The number of phenolic OH excluding ortho intramolecular Hbond substituents is 1. The van der Waals surface area contributed by atoms with Gasteiger partial charge in [-0.05, 0) is 23.8 Å². The Morgan fingerprint density at radius 1 is 1.00 bits per heavy atom. The lowest BCUT2D eigenvalue weighted by Gasteiger charge is -2.12. The molecule has 0 bridgehead atoms. The predicted molar refractivity (Wildman–Crippen MR) is 110 cm³/mol. The van der Waals surface area contributed by atoms with E-state index < -0.39 is 0 Å². The first-order chi connectivity index (χ1) is 13.7. The lowest BCUT2D eigenvalue weighted by atomic mass is 10.1. The Kier molecular flexibility index (Phi) is 4.68. The van der Waals surface area contributed by atoms with Crippen molar-refractivity contribution < 1.29 is 14.3 Å². The van der Waals surface area contributed by atoms with Crippen LogP contribution in [0.15, 0.2) is 88.6 Å². The molecule has 1 aromatic heterocycles. The molecule has 0 saturated carbocycles. The Morgan fingerprint density at radius 2 is 1.75 bits per heavy atom. The van der Waals surface area contributed by atoms with Gasteiger partial charge in [0.2, 0.25) is 11.2 Å². The van der Waals surface area contributed by atoms with Crippen molar-refractivity contribution in [2.75, 3.05) is 0 Å². The molecule has 0 spiro atoms. The summed E-state index contributed by atoms with van der Waals surface area (Å²) in [5.41, 5.74) is 2.29. The van der Waals surface area contributed by atoms with Gasteiger partial charge in [0.15, 0.2) is 5.76 Å². The number of hydrogen-bond donors (Lipinski definition) is 1. The van der Waals surface area contributed by atoms with Crippen LogP contribution < -0.4 is 10.2 Å². The van der Waals surface area contributed by atoms with Crippen LogP contribution in [0.1, 0.15) is 11.1 Å². The Morgan fingerprint density at radius 3 is 2.50 bits per heavy atom. The number of aromatic hydroxyl groups is 1. The molecular weight excluding hydrogens is 352 g/mol. The van der Waals surface area contributed by atoms with Crippen molar-refractivity contribution in [3.8, 4) is 22.8 Å². The lowest BCUT2D eigenvalue weighted by molar-refractivity contribution is 0.298. The Hall–Kier alpha value is -3.79. The molecule has 0 saturated heterocycles. The Bertz CT molecular complexity index is 1210. The molecule has 4 aromatic rings. The van der Waals surface area contributed by atoms with Crippen molar-refractivity contribution in [3.63, 3.8) is 0 Å². The molecule has 28 heavy (non-hydrogen) atoms. The molecule has 4 rings (SSSR count). The molecule has 0 unspecified atom stereocenters. The molecule has 0 aliphatic heterocycles. The van der Waals surface area contributed by atoms with Crippen LogP contribution in [0.3, 0.4) is 0 Å². The van der Waals surface area contributed by atoms with E-state index in [4.69, 9.17) is 9.15 Å². The summed E-state index contributed by atoms with van der Waals surface area (Å²) in [6.45, 7) is 3.90. The standard InChI is InChI=1S/C24H18O4/c1-2-17-12-13-18(14-20(17)25)23-24(27-15-16-8-4-3-5-9-16)22(26)19-10-6-7-11-21(19)28-23/h2-14,25H,1,15H2. The van der Waals surface area contributed by atoms with Crippen molar-refractivity contribution in [1.82, 2.24) is 0 Å². The highest BCUT2D eigenvalue weighted by Crippen LogP contribution is 2.34. The van der Waals surface area contributed by atoms with Gasteiger partial charge in [0, 0.05) is 11.1 Å². The molecule has 1 heterocycles. The average molecular weight is 370 g/mol. The van der Waals surface area contributed by atoms with E-state index in [1.807, 2.05) is 30.3 Å². The van der Waals surface area contributed by atoms with Gasteiger partial charge in [-0.1, -0.05) is 67.3 Å². The maximum atomic E-state index is 13.1. The first-order valence-electron chi connectivity index (χ1n) is 8.86. The maximum Gasteiger partial charge on any atom is 0.235 e. The number of fused-ring (bicyclic) bond motifs is 1. The molecule has 138 valence electrons. The molecule has 1 N–H and O–H groups in total.